The molecule has 11 heteroatoms. The zero-order chi connectivity index (χ0) is 24.1. The molecule has 0 unspecified atom stereocenters. The maximum Gasteiger partial charge on any atom is 2.00 e. The SMILES string of the molecule is C[C@H](CCC(=O)NCC(=O)[O-])[C@H]1CC[C@H]2[C@@H]3[C@H](O)C[C@@H]4C[C@H](O)CC[C@]4(C)[C@H]3C[C@H](O)[C@]12C.N.N.[Cl-].[Pt+2]. The van der Waals surface area contributed by atoms with Crippen LogP contribution in [-0.4, -0.2) is 52.1 Å². The molecule has 0 saturated heterocycles. The summed E-state index contributed by atoms with van der Waals surface area (Å²) in [7, 11) is 0. The van der Waals surface area contributed by atoms with Crippen LogP contribution in [0.15, 0.2) is 0 Å². The summed E-state index contributed by atoms with van der Waals surface area (Å²) in [6.07, 6.45) is 5.75. The molecule has 1 amide bonds. The minimum absolute atomic E-state index is 0. The molecule has 4 saturated carbocycles. The Bertz CT molecular complexity index is 781. The van der Waals surface area contributed by atoms with Gasteiger partial charge in [0.25, 0.3) is 0 Å². The van der Waals surface area contributed by atoms with E-state index >= 15 is 0 Å². The van der Waals surface area contributed by atoms with Crippen molar-refractivity contribution in [2.24, 2.45) is 46.3 Å². The molecule has 9 nitrogen and oxygen atoms in total. The van der Waals surface area contributed by atoms with Crippen molar-refractivity contribution in [3.63, 3.8) is 0 Å². The molecular formula is C26H48ClN3O6Pt. The first-order valence-corrected chi connectivity index (χ1v) is 13.0. The van der Waals surface area contributed by atoms with E-state index < -0.39 is 18.6 Å². The standard InChI is InChI=1S/C26H43NO6.ClH.2H3N.Pt/c1-14(4-7-22(31)27-13-23(32)33)17-5-6-18-24-19(12-21(30)26(17,18)3)25(2)9-8-16(28)10-15(25)11-20(24)29;;;;/h14-21,24,28-30H,4-13H2,1-3H3,(H,27,31)(H,32,33);1H;2*1H3;/q;;;;+2/p-2/t14-,15+,16-,17-,18+,19+,20-,21+,24+,25+,26-;;;;/m1..../s1. The summed E-state index contributed by atoms with van der Waals surface area (Å²) in [5.41, 5.74) is -0.230. The number of carboxylic acids is 1. The summed E-state index contributed by atoms with van der Waals surface area (Å²) in [5.74, 6) is -0.0789. The fourth-order valence-corrected chi connectivity index (χ4v) is 8.95. The summed E-state index contributed by atoms with van der Waals surface area (Å²) in [4.78, 5) is 22.6. The van der Waals surface area contributed by atoms with Crippen LogP contribution in [0.2, 0.25) is 0 Å². The van der Waals surface area contributed by atoms with Crippen LogP contribution < -0.4 is 35.1 Å². The number of fused-ring (bicyclic) bond motifs is 5. The van der Waals surface area contributed by atoms with Gasteiger partial charge in [-0.25, -0.2) is 0 Å². The second-order valence-electron chi connectivity index (χ2n) is 12.2. The van der Waals surface area contributed by atoms with Crippen LogP contribution in [-0.2, 0) is 30.7 Å². The first-order chi connectivity index (χ1) is 15.5. The summed E-state index contributed by atoms with van der Waals surface area (Å²) in [5, 5.41) is 46.1. The van der Waals surface area contributed by atoms with Gasteiger partial charge in [0.15, 0.2) is 0 Å². The van der Waals surface area contributed by atoms with E-state index in [1.165, 1.54) is 0 Å². The number of nitrogens with one attached hydrogen (secondary N) is 1. The number of hydrogen-bond donors (Lipinski definition) is 6. The van der Waals surface area contributed by atoms with Gasteiger partial charge in [-0.05, 0) is 97.7 Å². The van der Waals surface area contributed by atoms with E-state index in [0.29, 0.717) is 18.8 Å². The molecule has 4 aliphatic carbocycles. The largest absolute Gasteiger partial charge is 2.00 e. The van der Waals surface area contributed by atoms with Crippen LogP contribution in [0.1, 0.15) is 78.6 Å². The number of aliphatic carboxylic acids is 1. The normalized spacial score (nSPS) is 42.5. The van der Waals surface area contributed by atoms with Crippen LogP contribution >= 0.6 is 0 Å². The van der Waals surface area contributed by atoms with Crippen molar-refractivity contribution in [3.05, 3.63) is 0 Å². The number of amides is 1. The quantitative estimate of drug-likeness (QED) is 0.191. The Morgan fingerprint density at radius 1 is 1.03 bits per heavy atom. The van der Waals surface area contributed by atoms with Crippen LogP contribution in [0.5, 0.6) is 0 Å². The van der Waals surface area contributed by atoms with Gasteiger partial charge in [0.1, 0.15) is 0 Å². The van der Waals surface area contributed by atoms with Crippen LogP contribution in [0.3, 0.4) is 0 Å². The van der Waals surface area contributed by atoms with Crippen molar-refractivity contribution < 1.29 is 63.5 Å². The molecule has 0 bridgehead atoms. The third-order valence-electron chi connectivity index (χ3n) is 10.8. The summed E-state index contributed by atoms with van der Waals surface area (Å²) < 4.78 is 0. The van der Waals surface area contributed by atoms with E-state index in [0.717, 1.165) is 38.5 Å². The van der Waals surface area contributed by atoms with E-state index in [1.54, 1.807) is 0 Å². The predicted molar refractivity (Wildman–Crippen MR) is 130 cm³/mol. The summed E-state index contributed by atoms with van der Waals surface area (Å²) >= 11 is 0. The Kier molecular flexibility index (Phi) is 13.8. The Balaban J connectivity index is 0.00000324. The number of rotatable bonds is 6. The van der Waals surface area contributed by atoms with Gasteiger partial charge >= 0.3 is 21.1 Å². The minimum atomic E-state index is -1.29. The van der Waals surface area contributed by atoms with E-state index in [4.69, 9.17) is 0 Å². The van der Waals surface area contributed by atoms with Crippen molar-refractivity contribution >= 4 is 11.9 Å². The van der Waals surface area contributed by atoms with Gasteiger partial charge in [-0.3, -0.25) is 4.79 Å². The molecule has 4 rings (SSSR count). The van der Waals surface area contributed by atoms with Gasteiger partial charge in [0.2, 0.25) is 5.91 Å². The van der Waals surface area contributed by atoms with Crippen molar-refractivity contribution in [1.82, 2.24) is 17.6 Å². The van der Waals surface area contributed by atoms with Crippen molar-refractivity contribution in [1.29, 1.82) is 0 Å². The number of halogens is 1. The molecule has 4 aliphatic rings. The number of aliphatic hydroxyl groups excluding tert-OH is 3. The average molecular weight is 729 g/mol. The Hall–Kier alpha value is -0.282. The van der Waals surface area contributed by atoms with Crippen molar-refractivity contribution in [2.45, 2.75) is 96.9 Å². The number of aliphatic hydroxyl groups is 3. The third-order valence-corrected chi connectivity index (χ3v) is 10.8. The molecule has 220 valence electrons. The predicted octanol–water partition coefficient (Wildman–Crippen LogP) is -1.44. The van der Waals surface area contributed by atoms with Gasteiger partial charge in [0, 0.05) is 6.42 Å². The molecule has 0 aliphatic heterocycles. The monoisotopic (exact) mass is 728 g/mol. The van der Waals surface area contributed by atoms with Gasteiger partial charge in [-0.2, -0.15) is 0 Å². The van der Waals surface area contributed by atoms with Gasteiger partial charge in [-0.15, -0.1) is 0 Å². The molecule has 0 aromatic heterocycles. The topological polar surface area (TPSA) is 200 Å². The first kappa shape index (κ1) is 36.7. The molecule has 0 aromatic carbocycles. The summed E-state index contributed by atoms with van der Waals surface area (Å²) in [6, 6.07) is 0. The molecule has 0 radical (unpaired) electrons. The number of carbonyl (C=O) groups is 2. The second kappa shape index (κ2) is 13.9. The Labute approximate surface area is 242 Å². The number of hydrogen-bond acceptors (Lipinski definition) is 8. The van der Waals surface area contributed by atoms with Crippen LogP contribution in [0.25, 0.3) is 0 Å². The molecule has 0 spiro atoms. The zero-order valence-electron chi connectivity index (χ0n) is 22.4. The summed E-state index contributed by atoms with van der Waals surface area (Å²) in [6.45, 7) is 6.21. The molecule has 37 heavy (non-hydrogen) atoms. The Morgan fingerprint density at radius 2 is 1.68 bits per heavy atom. The Morgan fingerprint density at radius 3 is 2.30 bits per heavy atom. The van der Waals surface area contributed by atoms with Crippen LogP contribution in [0, 0.1) is 46.3 Å². The molecule has 0 aromatic rings. The van der Waals surface area contributed by atoms with Gasteiger partial charge in [0.05, 0.1) is 30.8 Å². The van der Waals surface area contributed by atoms with E-state index in [9.17, 15) is 30.0 Å². The van der Waals surface area contributed by atoms with Crippen LogP contribution in [0.4, 0.5) is 0 Å². The number of carbonyl (C=O) groups excluding carboxylic acids is 2. The molecule has 11 atom stereocenters. The molecule has 4 fully saturated rings. The zero-order valence-corrected chi connectivity index (χ0v) is 25.5. The van der Waals surface area contributed by atoms with E-state index in [2.05, 4.69) is 26.1 Å². The van der Waals surface area contributed by atoms with Gasteiger partial charge < -0.3 is 55.2 Å². The molecule has 0 heterocycles. The third kappa shape index (κ3) is 6.55. The average Bonchev–Trinajstić information content (AvgIpc) is 3.11. The fraction of sp³-hybridized carbons (Fsp3) is 0.923. The van der Waals surface area contributed by atoms with Crippen molar-refractivity contribution in [2.75, 3.05) is 6.54 Å². The molecular weight excluding hydrogens is 681 g/mol. The molecule has 10 N–H and O–H groups in total. The van der Waals surface area contributed by atoms with Crippen molar-refractivity contribution in [3.8, 4) is 0 Å². The fourth-order valence-electron chi connectivity index (χ4n) is 8.95. The minimum Gasteiger partial charge on any atom is -1.00 e. The smallest absolute Gasteiger partial charge is 1.00 e. The van der Waals surface area contributed by atoms with E-state index in [1.807, 2.05) is 0 Å². The van der Waals surface area contributed by atoms with E-state index in [-0.39, 0.29) is 111 Å². The first-order valence-electron chi connectivity index (χ1n) is 13.0. The maximum absolute atomic E-state index is 12.0. The maximum atomic E-state index is 12.0. The number of carboxylic acid groups (broad SMARTS) is 1. The van der Waals surface area contributed by atoms with Gasteiger partial charge in [-0.1, -0.05) is 20.8 Å². The second-order valence-corrected chi connectivity index (χ2v) is 12.2.